The molecule has 2 N–H and O–H groups in total. The van der Waals surface area contributed by atoms with Gasteiger partial charge < -0.3 is 19.5 Å². The predicted molar refractivity (Wildman–Crippen MR) is 207 cm³/mol. The van der Waals surface area contributed by atoms with Crippen molar-refractivity contribution in [1.82, 2.24) is 24.8 Å². The molecule has 1 fully saturated rings. The largest absolute Gasteiger partial charge is 0.497 e. The van der Waals surface area contributed by atoms with Crippen LogP contribution in [0.4, 0.5) is 5.69 Å². The maximum absolute atomic E-state index is 15.3. The molecule has 0 aliphatic carbocycles. The number of rotatable bonds is 11. The van der Waals surface area contributed by atoms with Crippen LogP contribution < -0.4 is 20.4 Å². The zero-order valence-electron chi connectivity index (χ0n) is 30.4. The minimum Gasteiger partial charge on any atom is -0.497 e. The lowest BCUT2D eigenvalue weighted by Gasteiger charge is -2.37. The molecule has 0 saturated carbocycles. The number of nitrogens with one attached hydrogen (secondary N) is 1. The van der Waals surface area contributed by atoms with Gasteiger partial charge in [0.1, 0.15) is 5.75 Å². The SMILES string of the molecule is COc1ccc([Si](C)(C)[C@@H]2[C@@H](CCn3cc(CCO)nn3)O[C@]3(C(=O)N(Cc4ccccc4)c4ccc(-n5[nH]c6ccccc6c5=O)cc43)[C@H]2C)cc1. The van der Waals surface area contributed by atoms with Crippen molar-refractivity contribution in [3.63, 3.8) is 0 Å². The molecule has 1 saturated heterocycles. The second-order valence-corrected chi connectivity index (χ2v) is 19.5. The molecule has 1 amide bonds. The van der Waals surface area contributed by atoms with Gasteiger partial charge in [0.2, 0.25) is 0 Å². The third-order valence-corrected chi connectivity index (χ3v) is 15.8. The monoisotopic (exact) mass is 728 g/mol. The first-order valence-electron chi connectivity index (χ1n) is 18.2. The van der Waals surface area contributed by atoms with Crippen molar-refractivity contribution in [1.29, 1.82) is 0 Å². The first kappa shape index (κ1) is 34.8. The molecule has 53 heavy (non-hydrogen) atoms. The van der Waals surface area contributed by atoms with Gasteiger partial charge >= 0.3 is 0 Å². The Hall–Kier alpha value is -5.30. The average molecular weight is 729 g/mol. The summed E-state index contributed by atoms with van der Waals surface area (Å²) < 4.78 is 16.2. The van der Waals surface area contributed by atoms with E-state index in [1.807, 2.05) is 96.0 Å². The Morgan fingerprint density at radius 3 is 2.47 bits per heavy atom. The Labute approximate surface area is 308 Å². The number of nitrogens with zero attached hydrogens (tertiary/aromatic N) is 5. The molecular weight excluding hydrogens is 685 g/mol. The topological polar surface area (TPSA) is 127 Å². The van der Waals surface area contributed by atoms with E-state index in [-0.39, 0.29) is 35.6 Å². The van der Waals surface area contributed by atoms with Crippen molar-refractivity contribution in [3.8, 4) is 11.4 Å². The van der Waals surface area contributed by atoms with Gasteiger partial charge in [-0.1, -0.05) is 85.0 Å². The summed E-state index contributed by atoms with van der Waals surface area (Å²) in [5.41, 5.74) is 3.23. The number of anilines is 1. The Kier molecular flexibility index (Phi) is 8.92. The molecular formula is C41H44N6O5Si. The summed E-state index contributed by atoms with van der Waals surface area (Å²) in [4.78, 5) is 30.8. The van der Waals surface area contributed by atoms with Crippen molar-refractivity contribution in [2.24, 2.45) is 5.92 Å². The van der Waals surface area contributed by atoms with Crippen LogP contribution in [0.15, 0.2) is 108 Å². The number of benzene rings is 4. The van der Waals surface area contributed by atoms with E-state index in [1.54, 1.807) is 16.5 Å². The van der Waals surface area contributed by atoms with Gasteiger partial charge in [0.05, 0.1) is 55.8 Å². The summed E-state index contributed by atoms with van der Waals surface area (Å²) in [6.07, 6.45) is 2.61. The first-order valence-corrected chi connectivity index (χ1v) is 21.3. The highest BCUT2D eigenvalue weighted by Crippen LogP contribution is 2.60. The third kappa shape index (κ3) is 5.81. The molecule has 0 unspecified atom stereocenters. The van der Waals surface area contributed by atoms with Crippen LogP contribution in [-0.2, 0) is 34.6 Å². The van der Waals surface area contributed by atoms with Gasteiger partial charge in [0.15, 0.2) is 5.60 Å². The van der Waals surface area contributed by atoms with Crippen molar-refractivity contribution < 1.29 is 19.4 Å². The number of aryl methyl sites for hydroxylation is 1. The third-order valence-electron chi connectivity index (χ3n) is 11.5. The van der Waals surface area contributed by atoms with Gasteiger partial charge in [-0.15, -0.1) is 5.10 Å². The van der Waals surface area contributed by atoms with Gasteiger partial charge in [0.25, 0.3) is 11.5 Å². The lowest BCUT2D eigenvalue weighted by Crippen LogP contribution is -2.51. The summed E-state index contributed by atoms with van der Waals surface area (Å²) in [6.45, 7) is 7.83. The highest BCUT2D eigenvalue weighted by atomic mass is 28.3. The van der Waals surface area contributed by atoms with Crippen molar-refractivity contribution in [2.75, 3.05) is 18.6 Å². The molecule has 11 nitrogen and oxygen atoms in total. The molecule has 6 aromatic rings. The van der Waals surface area contributed by atoms with Gasteiger partial charge in [0, 0.05) is 37.3 Å². The molecule has 1 spiro atoms. The zero-order chi connectivity index (χ0) is 36.9. The number of ether oxygens (including phenoxy) is 2. The lowest BCUT2D eigenvalue weighted by molar-refractivity contribution is -0.146. The minimum absolute atomic E-state index is 0.00180. The average Bonchev–Trinajstić information content (AvgIpc) is 3.91. The summed E-state index contributed by atoms with van der Waals surface area (Å²) in [6, 6.07) is 31.6. The van der Waals surface area contributed by atoms with Crippen LogP contribution in [-0.4, -0.2) is 63.7 Å². The molecule has 2 aromatic heterocycles. The van der Waals surface area contributed by atoms with E-state index in [9.17, 15) is 9.90 Å². The lowest BCUT2D eigenvalue weighted by atomic mass is 9.82. The summed E-state index contributed by atoms with van der Waals surface area (Å²) >= 11 is 0. The summed E-state index contributed by atoms with van der Waals surface area (Å²) in [5, 5.41) is 23.1. The fraction of sp³-hybridized carbons (Fsp3) is 0.317. The Balaban J connectivity index is 1.26. The maximum atomic E-state index is 15.3. The van der Waals surface area contributed by atoms with E-state index in [2.05, 4.69) is 47.6 Å². The fourth-order valence-electron chi connectivity index (χ4n) is 8.81. The molecule has 2 aliphatic heterocycles. The smallest absolute Gasteiger partial charge is 0.279 e. The number of carbonyl (C=O) groups excluding carboxylic acids is 1. The van der Waals surface area contributed by atoms with Gasteiger partial charge in [-0.25, -0.2) is 4.68 Å². The van der Waals surface area contributed by atoms with Crippen molar-refractivity contribution in [3.05, 3.63) is 130 Å². The van der Waals surface area contributed by atoms with Crippen LogP contribution in [0.5, 0.6) is 5.75 Å². The van der Waals surface area contributed by atoms with Crippen LogP contribution in [0.25, 0.3) is 16.6 Å². The van der Waals surface area contributed by atoms with E-state index in [4.69, 9.17) is 9.47 Å². The molecule has 2 aliphatic rings. The number of amides is 1. The number of para-hydroxylation sites is 1. The molecule has 272 valence electrons. The molecule has 4 atom stereocenters. The number of H-pyrrole nitrogens is 1. The number of hydrogen-bond donors (Lipinski definition) is 2. The number of fused-ring (bicyclic) bond motifs is 3. The number of methoxy groups -OCH3 is 1. The van der Waals surface area contributed by atoms with Gasteiger partial charge in [-0.3, -0.25) is 19.4 Å². The van der Waals surface area contributed by atoms with Crippen LogP contribution in [0, 0.1) is 5.92 Å². The van der Waals surface area contributed by atoms with Crippen LogP contribution in [0.3, 0.4) is 0 Å². The molecule has 12 heteroatoms. The van der Waals surface area contributed by atoms with E-state index in [0.717, 1.165) is 33.8 Å². The van der Waals surface area contributed by atoms with Crippen molar-refractivity contribution >= 4 is 35.8 Å². The van der Waals surface area contributed by atoms with E-state index < -0.39 is 13.7 Å². The normalized spacial score (nSPS) is 21.2. The molecule has 8 rings (SSSR count). The number of aromatic amines is 1. The Morgan fingerprint density at radius 1 is 0.981 bits per heavy atom. The molecule has 0 radical (unpaired) electrons. The second-order valence-electron chi connectivity index (χ2n) is 14.8. The van der Waals surface area contributed by atoms with Crippen LogP contribution >= 0.6 is 0 Å². The summed E-state index contributed by atoms with van der Waals surface area (Å²) in [7, 11) is -0.725. The van der Waals surface area contributed by atoms with E-state index in [1.165, 1.54) is 5.19 Å². The van der Waals surface area contributed by atoms with Crippen LogP contribution in [0.1, 0.15) is 30.2 Å². The molecule has 4 aromatic carbocycles. The minimum atomic E-state index is -2.39. The summed E-state index contributed by atoms with van der Waals surface area (Å²) in [5.74, 6) is 0.477. The number of carbonyl (C=O) groups is 1. The van der Waals surface area contributed by atoms with Gasteiger partial charge in [-0.05, 0) is 60.0 Å². The number of aliphatic hydroxyl groups is 1. The highest BCUT2D eigenvalue weighted by Gasteiger charge is 2.66. The Bertz CT molecular complexity index is 2330. The number of hydrogen-bond acceptors (Lipinski definition) is 7. The van der Waals surface area contributed by atoms with Crippen LogP contribution in [0.2, 0.25) is 18.6 Å². The second kappa shape index (κ2) is 13.6. The Morgan fingerprint density at radius 2 is 1.74 bits per heavy atom. The van der Waals surface area contributed by atoms with E-state index >= 15 is 4.79 Å². The molecule has 0 bridgehead atoms. The maximum Gasteiger partial charge on any atom is 0.279 e. The standard InChI is InChI=1S/C41H44N6O5Si/c1-27-38(53(3,4)32-17-15-31(51-2)16-18-32)37(20-22-45-26-29(21-23-48)42-44-45)52-41(27)34-24-30(47-39(49)33-12-8-9-13-35(33)43-47)14-19-36(34)46(40(41)50)25-28-10-6-5-7-11-28/h5-19,24,26-27,37-38,43,48H,20-23,25H2,1-4H3/t27-,37+,38-,41+/m0/s1. The quantitative estimate of drug-likeness (QED) is 0.173. The van der Waals surface area contributed by atoms with Crippen molar-refractivity contribution in [2.45, 2.75) is 63.2 Å². The number of aliphatic hydroxyl groups excluding tert-OH is 1. The van der Waals surface area contributed by atoms with E-state index in [0.29, 0.717) is 37.0 Å². The number of aromatic nitrogens is 5. The van der Waals surface area contributed by atoms with Gasteiger partial charge in [-0.2, -0.15) is 0 Å². The zero-order valence-corrected chi connectivity index (χ0v) is 31.4. The fourth-order valence-corrected chi connectivity index (χ4v) is 12.9. The first-order chi connectivity index (χ1) is 25.6. The molecule has 4 heterocycles. The highest BCUT2D eigenvalue weighted by molar-refractivity contribution is 6.91. The predicted octanol–water partition coefficient (Wildman–Crippen LogP) is 5.31.